The molecule has 0 bridgehead atoms. The SMILES string of the molecule is COC(=O)[C@@H]1CC2=CC(=O)CC[C@]2(C)[C@@]23O[C@@H]2C(O)[C@@]2(C)C(CC[C@@]24CCC(=O)O4)C13. The van der Waals surface area contributed by atoms with Gasteiger partial charge in [-0.05, 0) is 44.1 Å². The summed E-state index contributed by atoms with van der Waals surface area (Å²) in [4.78, 5) is 37.4. The lowest BCUT2D eigenvalue weighted by atomic mass is 9.43. The molecule has 0 amide bonds. The van der Waals surface area contributed by atoms with Gasteiger partial charge in [0.2, 0.25) is 0 Å². The van der Waals surface area contributed by atoms with Crippen LogP contribution in [0.3, 0.4) is 0 Å². The Balaban J connectivity index is 1.52. The van der Waals surface area contributed by atoms with Crippen molar-refractivity contribution in [1.29, 1.82) is 0 Å². The summed E-state index contributed by atoms with van der Waals surface area (Å²) in [5.41, 5.74) is -1.51. The number of hydrogen-bond donors (Lipinski definition) is 1. The number of carbonyl (C=O) groups is 3. The van der Waals surface area contributed by atoms with Crippen molar-refractivity contribution < 1.29 is 33.7 Å². The van der Waals surface area contributed by atoms with Crippen molar-refractivity contribution in [3.8, 4) is 0 Å². The van der Waals surface area contributed by atoms with Crippen LogP contribution in [0.1, 0.15) is 58.8 Å². The number of methoxy groups -OCH3 is 1. The van der Waals surface area contributed by atoms with Gasteiger partial charge in [-0.2, -0.15) is 0 Å². The molecule has 9 atom stereocenters. The Morgan fingerprint density at radius 2 is 1.97 bits per heavy atom. The van der Waals surface area contributed by atoms with Gasteiger partial charge in [0.05, 0.1) is 19.1 Å². The number of esters is 2. The topological polar surface area (TPSA) is 102 Å². The molecule has 7 heteroatoms. The van der Waals surface area contributed by atoms with Crippen molar-refractivity contribution in [2.45, 2.75) is 82.2 Å². The van der Waals surface area contributed by atoms with Crippen LogP contribution >= 0.6 is 0 Å². The van der Waals surface area contributed by atoms with Crippen LogP contribution < -0.4 is 0 Å². The summed E-state index contributed by atoms with van der Waals surface area (Å²) < 4.78 is 17.7. The summed E-state index contributed by atoms with van der Waals surface area (Å²) in [6, 6.07) is 0. The molecule has 6 rings (SSSR count). The van der Waals surface area contributed by atoms with Crippen molar-refractivity contribution in [3.63, 3.8) is 0 Å². The molecule has 7 nitrogen and oxygen atoms in total. The van der Waals surface area contributed by atoms with E-state index in [9.17, 15) is 19.5 Å². The second-order valence-corrected chi connectivity index (χ2v) is 11.0. The van der Waals surface area contributed by atoms with Gasteiger partial charge in [-0.3, -0.25) is 14.4 Å². The molecule has 0 aromatic carbocycles. The van der Waals surface area contributed by atoms with Crippen molar-refractivity contribution in [3.05, 3.63) is 11.6 Å². The Labute approximate surface area is 181 Å². The van der Waals surface area contributed by atoms with E-state index in [1.165, 1.54) is 7.11 Å². The first-order valence-electron chi connectivity index (χ1n) is 11.5. The molecule has 2 heterocycles. The molecule has 2 saturated heterocycles. The zero-order chi connectivity index (χ0) is 22.0. The monoisotopic (exact) mass is 430 g/mol. The van der Waals surface area contributed by atoms with E-state index in [4.69, 9.17) is 14.2 Å². The van der Waals surface area contributed by atoms with E-state index in [1.54, 1.807) is 6.08 Å². The highest BCUT2D eigenvalue weighted by atomic mass is 16.6. The molecule has 0 aromatic rings. The highest BCUT2D eigenvalue weighted by Crippen LogP contribution is 2.78. The third kappa shape index (κ3) is 2.02. The van der Waals surface area contributed by atoms with Crippen LogP contribution in [-0.4, -0.2) is 53.3 Å². The van der Waals surface area contributed by atoms with E-state index in [1.807, 2.05) is 6.92 Å². The van der Waals surface area contributed by atoms with Gasteiger partial charge < -0.3 is 19.3 Å². The molecule has 31 heavy (non-hydrogen) atoms. The van der Waals surface area contributed by atoms with Crippen molar-refractivity contribution in [2.24, 2.45) is 28.6 Å². The number of aliphatic hydroxyl groups excluding tert-OH is 1. The summed E-state index contributed by atoms with van der Waals surface area (Å²) in [6.07, 6.45) is 4.49. The fraction of sp³-hybridized carbons (Fsp3) is 0.792. The molecule has 4 aliphatic carbocycles. The lowest BCUT2D eigenvalue weighted by molar-refractivity contribution is -0.192. The molecule has 0 aromatic heterocycles. The lowest BCUT2D eigenvalue weighted by Gasteiger charge is -2.59. The molecule has 3 unspecified atom stereocenters. The van der Waals surface area contributed by atoms with Crippen LogP contribution in [-0.2, 0) is 28.6 Å². The van der Waals surface area contributed by atoms with Gasteiger partial charge in [0.15, 0.2) is 5.78 Å². The predicted octanol–water partition coefficient (Wildman–Crippen LogP) is 2.10. The molecular formula is C24H30O7. The predicted molar refractivity (Wildman–Crippen MR) is 107 cm³/mol. The van der Waals surface area contributed by atoms with Gasteiger partial charge in [-0.15, -0.1) is 0 Å². The molecule has 0 radical (unpaired) electrons. The van der Waals surface area contributed by atoms with Crippen LogP contribution in [0.25, 0.3) is 0 Å². The first-order valence-corrected chi connectivity index (χ1v) is 11.5. The van der Waals surface area contributed by atoms with Gasteiger partial charge in [0.1, 0.15) is 17.3 Å². The largest absolute Gasteiger partial charge is 0.469 e. The fourth-order valence-corrected chi connectivity index (χ4v) is 8.70. The number of epoxide rings is 1. The summed E-state index contributed by atoms with van der Waals surface area (Å²) in [7, 11) is 1.40. The number of ether oxygens (including phenoxy) is 3. The molecular weight excluding hydrogens is 400 g/mol. The molecule has 2 spiro atoms. The maximum atomic E-state index is 13.0. The number of aliphatic hydroxyl groups is 1. The van der Waals surface area contributed by atoms with Gasteiger partial charge in [0.25, 0.3) is 0 Å². The quantitative estimate of drug-likeness (QED) is 0.502. The van der Waals surface area contributed by atoms with Crippen LogP contribution in [0.5, 0.6) is 0 Å². The molecule has 5 fully saturated rings. The van der Waals surface area contributed by atoms with E-state index in [0.29, 0.717) is 38.5 Å². The van der Waals surface area contributed by atoms with E-state index >= 15 is 0 Å². The Hall–Kier alpha value is -1.73. The van der Waals surface area contributed by atoms with Gasteiger partial charge in [0, 0.05) is 29.6 Å². The normalized spacial score (nSPS) is 54.3. The number of fused-ring (bicyclic) bond motifs is 4. The van der Waals surface area contributed by atoms with E-state index in [2.05, 4.69) is 6.92 Å². The van der Waals surface area contributed by atoms with E-state index in [0.717, 1.165) is 12.0 Å². The minimum atomic E-state index is -0.797. The highest BCUT2D eigenvalue weighted by Gasteiger charge is 2.86. The lowest BCUT2D eigenvalue weighted by Crippen LogP contribution is -2.67. The second kappa shape index (κ2) is 5.79. The Kier molecular flexibility index (Phi) is 3.72. The minimum Gasteiger partial charge on any atom is -0.469 e. The molecule has 168 valence electrons. The molecule has 2 aliphatic heterocycles. The number of ketones is 1. The zero-order valence-corrected chi connectivity index (χ0v) is 18.3. The average Bonchev–Trinajstić information content (AvgIpc) is 3.28. The third-order valence-corrected chi connectivity index (χ3v) is 10.3. The fourth-order valence-electron chi connectivity index (χ4n) is 8.70. The number of hydrogen-bond acceptors (Lipinski definition) is 7. The first kappa shape index (κ1) is 19.9. The van der Waals surface area contributed by atoms with Gasteiger partial charge in [-0.1, -0.05) is 19.4 Å². The Morgan fingerprint density at radius 1 is 1.19 bits per heavy atom. The van der Waals surface area contributed by atoms with Crippen molar-refractivity contribution in [1.82, 2.24) is 0 Å². The van der Waals surface area contributed by atoms with E-state index < -0.39 is 40.2 Å². The van der Waals surface area contributed by atoms with E-state index in [-0.39, 0.29) is 29.6 Å². The molecule has 1 N–H and O–H groups in total. The smallest absolute Gasteiger partial charge is 0.309 e. The summed E-state index contributed by atoms with van der Waals surface area (Å²) in [5.74, 6) is -1.03. The van der Waals surface area contributed by atoms with Crippen LogP contribution in [0.2, 0.25) is 0 Å². The van der Waals surface area contributed by atoms with Crippen LogP contribution in [0.15, 0.2) is 11.6 Å². The highest BCUT2D eigenvalue weighted by molar-refractivity contribution is 5.92. The van der Waals surface area contributed by atoms with Gasteiger partial charge in [-0.25, -0.2) is 0 Å². The Bertz CT molecular complexity index is 940. The standard InChI is InChI=1S/C24H30O7/c1-21-7-4-13(25)10-12(21)11-14(20(28)29-3)17-15-5-8-23(9-6-16(26)30-23)22(15,2)18(27)19-24(17,21)31-19/h10,14-15,17-19,27H,4-9,11H2,1-3H3/t14-,15?,17?,18?,19-,21+,22-,23-,24+/m1/s1. The maximum Gasteiger partial charge on any atom is 0.309 e. The molecule has 3 saturated carbocycles. The van der Waals surface area contributed by atoms with Crippen molar-refractivity contribution >= 4 is 17.7 Å². The number of carbonyl (C=O) groups excluding carboxylic acids is 3. The molecule has 6 aliphatic rings. The van der Waals surface area contributed by atoms with Crippen molar-refractivity contribution in [2.75, 3.05) is 7.11 Å². The third-order valence-electron chi connectivity index (χ3n) is 10.3. The maximum absolute atomic E-state index is 13.0. The minimum absolute atomic E-state index is 0.0350. The average molecular weight is 430 g/mol. The number of rotatable bonds is 1. The van der Waals surface area contributed by atoms with Gasteiger partial charge >= 0.3 is 11.9 Å². The second-order valence-electron chi connectivity index (χ2n) is 11.0. The Morgan fingerprint density at radius 3 is 2.65 bits per heavy atom. The summed E-state index contributed by atoms with van der Waals surface area (Å²) in [5, 5.41) is 11.7. The summed E-state index contributed by atoms with van der Waals surface area (Å²) >= 11 is 0. The van der Waals surface area contributed by atoms with Crippen LogP contribution in [0.4, 0.5) is 0 Å². The van der Waals surface area contributed by atoms with Crippen LogP contribution in [0, 0.1) is 28.6 Å². The summed E-state index contributed by atoms with van der Waals surface area (Å²) in [6.45, 7) is 4.17. The first-order chi connectivity index (χ1) is 14.6. The zero-order valence-electron chi connectivity index (χ0n) is 18.3.